The molecule has 2 rings (SSSR count). The van der Waals surface area contributed by atoms with Crippen LogP contribution in [0.5, 0.6) is 0 Å². The van der Waals surface area contributed by atoms with E-state index in [1.807, 2.05) is 48.3 Å². The van der Waals surface area contributed by atoms with Gasteiger partial charge in [-0.2, -0.15) is 0 Å². The van der Waals surface area contributed by atoms with E-state index < -0.39 is 0 Å². The van der Waals surface area contributed by atoms with E-state index in [1.165, 1.54) is 0 Å². The average Bonchev–Trinajstić information content (AvgIpc) is 2.29. The van der Waals surface area contributed by atoms with Crippen LogP contribution < -0.4 is 16.4 Å². The molecule has 1 heterocycles. The lowest BCUT2D eigenvalue weighted by Gasteiger charge is -2.18. The van der Waals surface area contributed by atoms with E-state index in [2.05, 4.69) is 4.98 Å². The van der Waals surface area contributed by atoms with Gasteiger partial charge in [-0.25, -0.2) is 4.98 Å². The zero-order chi connectivity index (χ0) is 11.5. The Hall–Kier alpha value is -2.23. The Morgan fingerprint density at radius 3 is 2.31 bits per heavy atom. The molecule has 0 unspecified atom stereocenters. The molecule has 0 bridgehead atoms. The molecule has 0 spiro atoms. The molecule has 4 N–H and O–H groups in total. The summed E-state index contributed by atoms with van der Waals surface area (Å²) in [5, 5.41) is 0. The highest BCUT2D eigenvalue weighted by Gasteiger charge is 2.04. The summed E-state index contributed by atoms with van der Waals surface area (Å²) in [6.07, 6.45) is 0. The van der Waals surface area contributed by atoms with Gasteiger partial charge in [0, 0.05) is 18.4 Å². The molecule has 4 nitrogen and oxygen atoms in total. The molecule has 0 saturated heterocycles. The first kappa shape index (κ1) is 10.3. The Balaban J connectivity index is 2.31. The van der Waals surface area contributed by atoms with Crippen LogP contribution in [0.2, 0.25) is 0 Å². The van der Waals surface area contributed by atoms with Gasteiger partial charge in [-0.05, 0) is 36.4 Å². The topological polar surface area (TPSA) is 68.2 Å². The Morgan fingerprint density at radius 2 is 1.69 bits per heavy atom. The molecule has 2 aromatic rings. The lowest BCUT2D eigenvalue weighted by Crippen LogP contribution is -2.11. The van der Waals surface area contributed by atoms with Gasteiger partial charge in [-0.15, -0.1) is 0 Å². The van der Waals surface area contributed by atoms with Crippen LogP contribution in [0, 0.1) is 0 Å². The molecule has 0 aliphatic carbocycles. The molecule has 0 amide bonds. The van der Waals surface area contributed by atoms with Crippen LogP contribution in [0.1, 0.15) is 0 Å². The maximum absolute atomic E-state index is 5.64. The lowest BCUT2D eigenvalue weighted by atomic mass is 10.2. The largest absolute Gasteiger partial charge is 0.399 e. The Kier molecular flexibility index (Phi) is 2.64. The first-order valence-corrected chi connectivity index (χ1v) is 4.98. The van der Waals surface area contributed by atoms with Gasteiger partial charge in [0.15, 0.2) is 0 Å². The second-order valence-corrected chi connectivity index (χ2v) is 3.57. The summed E-state index contributed by atoms with van der Waals surface area (Å²) in [6.45, 7) is 0. The number of hydrogen-bond acceptors (Lipinski definition) is 4. The molecule has 1 aromatic heterocycles. The highest BCUT2D eigenvalue weighted by Crippen LogP contribution is 2.22. The number of nitrogens with zero attached hydrogens (tertiary/aromatic N) is 2. The second-order valence-electron chi connectivity index (χ2n) is 3.57. The van der Waals surface area contributed by atoms with Crippen molar-refractivity contribution >= 4 is 23.0 Å². The molecule has 0 aliphatic rings. The van der Waals surface area contributed by atoms with Crippen LogP contribution in [0.4, 0.5) is 23.0 Å². The number of hydrogen-bond donors (Lipinski definition) is 2. The van der Waals surface area contributed by atoms with Gasteiger partial charge < -0.3 is 16.4 Å². The number of anilines is 4. The monoisotopic (exact) mass is 214 g/mol. The standard InChI is InChI=1S/C12H14N4/c1-16(10-7-5-9(13)6-8-10)12-4-2-3-11(14)15-12/h2-8H,13H2,1H3,(H2,14,15). The van der Waals surface area contributed by atoms with Gasteiger partial charge in [-0.1, -0.05) is 6.07 Å². The minimum atomic E-state index is 0.514. The maximum atomic E-state index is 5.64. The highest BCUT2D eigenvalue weighted by molar-refractivity contribution is 5.62. The molecule has 82 valence electrons. The molecular weight excluding hydrogens is 200 g/mol. The van der Waals surface area contributed by atoms with Crippen molar-refractivity contribution < 1.29 is 0 Å². The van der Waals surface area contributed by atoms with E-state index in [0.717, 1.165) is 17.2 Å². The van der Waals surface area contributed by atoms with Gasteiger partial charge in [0.1, 0.15) is 11.6 Å². The summed E-state index contributed by atoms with van der Waals surface area (Å²) in [5.74, 6) is 1.32. The van der Waals surface area contributed by atoms with Gasteiger partial charge in [0.25, 0.3) is 0 Å². The van der Waals surface area contributed by atoms with E-state index in [0.29, 0.717) is 5.82 Å². The number of benzene rings is 1. The van der Waals surface area contributed by atoms with E-state index in [1.54, 1.807) is 6.07 Å². The molecule has 0 fully saturated rings. The molecule has 0 atom stereocenters. The van der Waals surface area contributed by atoms with Gasteiger partial charge in [0.2, 0.25) is 0 Å². The molecule has 4 heteroatoms. The summed E-state index contributed by atoms with van der Waals surface area (Å²) in [7, 11) is 1.94. The fraction of sp³-hybridized carbons (Fsp3) is 0.0833. The Morgan fingerprint density at radius 1 is 1.00 bits per heavy atom. The quantitative estimate of drug-likeness (QED) is 0.750. The smallest absolute Gasteiger partial charge is 0.135 e. The summed E-state index contributed by atoms with van der Waals surface area (Å²) < 4.78 is 0. The van der Waals surface area contributed by atoms with Crippen LogP contribution in [-0.2, 0) is 0 Å². The van der Waals surface area contributed by atoms with E-state index >= 15 is 0 Å². The molecule has 1 aromatic carbocycles. The summed E-state index contributed by atoms with van der Waals surface area (Å²) in [6, 6.07) is 13.2. The number of nitrogens with two attached hydrogens (primary N) is 2. The van der Waals surface area contributed by atoms with Crippen molar-refractivity contribution in [3.05, 3.63) is 42.5 Å². The third kappa shape index (κ3) is 2.06. The number of pyridine rings is 1. The third-order valence-corrected chi connectivity index (χ3v) is 2.38. The molecule has 0 saturated carbocycles. The normalized spacial score (nSPS) is 10.1. The first-order chi connectivity index (χ1) is 7.66. The SMILES string of the molecule is CN(c1ccc(N)cc1)c1cccc(N)n1. The van der Waals surface area contributed by atoms with Crippen molar-refractivity contribution in [1.82, 2.24) is 4.98 Å². The van der Waals surface area contributed by atoms with Gasteiger partial charge >= 0.3 is 0 Å². The zero-order valence-corrected chi connectivity index (χ0v) is 9.09. The maximum Gasteiger partial charge on any atom is 0.135 e. The van der Waals surface area contributed by atoms with Crippen LogP contribution in [0.25, 0.3) is 0 Å². The van der Waals surface area contributed by atoms with Gasteiger partial charge in [-0.3, -0.25) is 0 Å². The molecule has 0 aliphatic heterocycles. The number of aromatic nitrogens is 1. The number of nitrogen functional groups attached to an aromatic ring is 2. The van der Waals surface area contributed by atoms with Crippen LogP contribution >= 0.6 is 0 Å². The minimum absolute atomic E-state index is 0.514. The van der Waals surface area contributed by atoms with Crippen LogP contribution in [0.3, 0.4) is 0 Å². The highest BCUT2D eigenvalue weighted by atomic mass is 15.2. The summed E-state index contributed by atoms with van der Waals surface area (Å²) >= 11 is 0. The van der Waals surface area contributed by atoms with E-state index in [9.17, 15) is 0 Å². The fourth-order valence-electron chi connectivity index (χ4n) is 1.46. The zero-order valence-electron chi connectivity index (χ0n) is 9.09. The minimum Gasteiger partial charge on any atom is -0.399 e. The Bertz CT molecular complexity index is 479. The molecular formula is C12H14N4. The summed E-state index contributed by atoms with van der Waals surface area (Å²) in [4.78, 5) is 6.20. The van der Waals surface area contributed by atoms with Crippen molar-refractivity contribution in [2.75, 3.05) is 23.4 Å². The predicted octanol–water partition coefficient (Wildman–Crippen LogP) is 2.01. The van der Waals surface area contributed by atoms with Crippen LogP contribution in [-0.4, -0.2) is 12.0 Å². The van der Waals surface area contributed by atoms with Crippen molar-refractivity contribution in [3.63, 3.8) is 0 Å². The average molecular weight is 214 g/mol. The van der Waals surface area contributed by atoms with Crippen LogP contribution in [0.15, 0.2) is 42.5 Å². The van der Waals surface area contributed by atoms with Gasteiger partial charge in [0.05, 0.1) is 0 Å². The Labute approximate surface area is 94.5 Å². The third-order valence-electron chi connectivity index (χ3n) is 2.38. The summed E-state index contributed by atoms with van der Waals surface area (Å²) in [5.41, 5.74) is 13.0. The molecule has 0 radical (unpaired) electrons. The number of rotatable bonds is 2. The van der Waals surface area contributed by atoms with Crippen molar-refractivity contribution in [2.45, 2.75) is 0 Å². The van der Waals surface area contributed by atoms with E-state index in [4.69, 9.17) is 11.5 Å². The fourth-order valence-corrected chi connectivity index (χ4v) is 1.46. The lowest BCUT2D eigenvalue weighted by molar-refractivity contribution is 1.13. The van der Waals surface area contributed by atoms with Crippen molar-refractivity contribution in [1.29, 1.82) is 0 Å². The predicted molar refractivity (Wildman–Crippen MR) is 67.6 cm³/mol. The second kappa shape index (κ2) is 4.10. The van der Waals surface area contributed by atoms with Crippen molar-refractivity contribution in [2.24, 2.45) is 0 Å². The first-order valence-electron chi connectivity index (χ1n) is 4.98. The molecule has 16 heavy (non-hydrogen) atoms. The van der Waals surface area contributed by atoms with E-state index in [-0.39, 0.29) is 0 Å². The van der Waals surface area contributed by atoms with Crippen molar-refractivity contribution in [3.8, 4) is 0 Å².